The van der Waals surface area contributed by atoms with Crippen molar-refractivity contribution in [2.24, 2.45) is 5.92 Å². The summed E-state index contributed by atoms with van der Waals surface area (Å²) in [5.41, 5.74) is 0. The van der Waals surface area contributed by atoms with Crippen LogP contribution in [0.5, 0.6) is 0 Å². The van der Waals surface area contributed by atoms with Crippen LogP contribution in [-0.4, -0.2) is 29.2 Å². The van der Waals surface area contributed by atoms with Crippen LogP contribution >= 0.6 is 15.9 Å². The predicted molar refractivity (Wildman–Crippen MR) is 60.1 cm³/mol. The summed E-state index contributed by atoms with van der Waals surface area (Å²) in [5.74, 6) is 0.556. The molecule has 0 rings (SSSR count). The molecule has 2 nitrogen and oxygen atoms in total. The van der Waals surface area contributed by atoms with E-state index in [-0.39, 0.29) is 10.7 Å². The van der Waals surface area contributed by atoms with Crippen molar-refractivity contribution >= 4 is 21.8 Å². The first-order valence-electron chi connectivity index (χ1n) is 4.89. The Kier molecular flexibility index (Phi) is 6.39. The summed E-state index contributed by atoms with van der Waals surface area (Å²) in [6.07, 6.45) is 2.21. The molecular formula is C10H20BrNO. The SMILES string of the molecule is CCCCN(C)C(=O)C(Br)C(C)C. The number of hydrogen-bond acceptors (Lipinski definition) is 1. The molecule has 0 aliphatic carbocycles. The van der Waals surface area contributed by atoms with Crippen LogP contribution in [0, 0.1) is 5.92 Å². The Bertz CT molecular complexity index is 159. The molecule has 0 aromatic carbocycles. The Morgan fingerprint density at radius 1 is 1.46 bits per heavy atom. The van der Waals surface area contributed by atoms with Gasteiger partial charge in [0, 0.05) is 13.6 Å². The number of nitrogens with zero attached hydrogens (tertiary/aromatic N) is 1. The van der Waals surface area contributed by atoms with Gasteiger partial charge >= 0.3 is 0 Å². The van der Waals surface area contributed by atoms with Gasteiger partial charge in [-0.2, -0.15) is 0 Å². The zero-order valence-electron chi connectivity index (χ0n) is 9.01. The highest BCUT2D eigenvalue weighted by Crippen LogP contribution is 2.14. The molecule has 78 valence electrons. The Morgan fingerprint density at radius 3 is 2.38 bits per heavy atom. The molecule has 1 atom stereocenters. The average molecular weight is 250 g/mol. The molecule has 0 heterocycles. The highest BCUT2D eigenvalue weighted by molar-refractivity contribution is 9.10. The van der Waals surface area contributed by atoms with Crippen molar-refractivity contribution < 1.29 is 4.79 Å². The fraction of sp³-hybridized carbons (Fsp3) is 0.900. The molecule has 0 bridgehead atoms. The number of carbonyl (C=O) groups excluding carboxylic acids is 1. The second kappa shape index (κ2) is 6.41. The fourth-order valence-corrected chi connectivity index (χ4v) is 1.35. The molecule has 0 spiro atoms. The van der Waals surface area contributed by atoms with E-state index in [1.165, 1.54) is 0 Å². The van der Waals surface area contributed by atoms with Gasteiger partial charge in [-0.3, -0.25) is 4.79 Å². The van der Waals surface area contributed by atoms with E-state index in [2.05, 4.69) is 22.9 Å². The molecule has 0 saturated heterocycles. The quantitative estimate of drug-likeness (QED) is 0.687. The van der Waals surface area contributed by atoms with E-state index in [1.54, 1.807) is 0 Å². The molecule has 0 aromatic heterocycles. The smallest absolute Gasteiger partial charge is 0.236 e. The van der Waals surface area contributed by atoms with Gasteiger partial charge in [0.1, 0.15) is 0 Å². The summed E-state index contributed by atoms with van der Waals surface area (Å²) in [4.78, 5) is 13.4. The van der Waals surface area contributed by atoms with Gasteiger partial charge in [-0.1, -0.05) is 43.1 Å². The molecular weight excluding hydrogens is 230 g/mol. The van der Waals surface area contributed by atoms with E-state index in [0.29, 0.717) is 5.92 Å². The Morgan fingerprint density at radius 2 is 2.00 bits per heavy atom. The van der Waals surface area contributed by atoms with Gasteiger partial charge in [0.15, 0.2) is 0 Å². The minimum atomic E-state index is -0.0330. The van der Waals surface area contributed by atoms with E-state index < -0.39 is 0 Å². The number of hydrogen-bond donors (Lipinski definition) is 0. The minimum absolute atomic E-state index is 0.0330. The average Bonchev–Trinajstić information content (AvgIpc) is 2.11. The van der Waals surface area contributed by atoms with Gasteiger partial charge in [-0.25, -0.2) is 0 Å². The lowest BCUT2D eigenvalue weighted by molar-refractivity contribution is -0.129. The van der Waals surface area contributed by atoms with E-state index in [9.17, 15) is 4.79 Å². The summed E-state index contributed by atoms with van der Waals surface area (Å²) >= 11 is 3.41. The van der Waals surface area contributed by atoms with Gasteiger partial charge in [0.2, 0.25) is 5.91 Å². The zero-order chi connectivity index (χ0) is 10.4. The molecule has 0 fully saturated rings. The van der Waals surface area contributed by atoms with Gasteiger partial charge < -0.3 is 4.90 Å². The standard InChI is InChI=1S/C10H20BrNO/c1-5-6-7-12(4)10(13)9(11)8(2)3/h8-9H,5-7H2,1-4H3. The predicted octanol–water partition coefficient (Wildman–Crippen LogP) is 2.66. The molecule has 1 unspecified atom stereocenters. The number of alkyl halides is 1. The van der Waals surface area contributed by atoms with Crippen LogP contribution in [0.15, 0.2) is 0 Å². The van der Waals surface area contributed by atoms with Crippen molar-refractivity contribution in [2.45, 2.75) is 38.4 Å². The lowest BCUT2D eigenvalue weighted by Gasteiger charge is -2.22. The summed E-state index contributed by atoms with van der Waals surface area (Å²) in [7, 11) is 1.87. The van der Waals surface area contributed by atoms with Crippen LogP contribution in [0.25, 0.3) is 0 Å². The highest BCUT2D eigenvalue weighted by atomic mass is 79.9. The van der Waals surface area contributed by atoms with Crippen molar-refractivity contribution in [3.63, 3.8) is 0 Å². The van der Waals surface area contributed by atoms with Crippen molar-refractivity contribution in [1.82, 2.24) is 4.90 Å². The second-order valence-corrected chi connectivity index (χ2v) is 4.75. The molecule has 0 aliphatic rings. The lowest BCUT2D eigenvalue weighted by atomic mass is 10.1. The van der Waals surface area contributed by atoms with Gasteiger partial charge in [-0.15, -0.1) is 0 Å². The van der Waals surface area contributed by atoms with Crippen LogP contribution in [-0.2, 0) is 4.79 Å². The molecule has 3 heteroatoms. The largest absolute Gasteiger partial charge is 0.345 e. The van der Waals surface area contributed by atoms with E-state index in [0.717, 1.165) is 19.4 Å². The molecule has 13 heavy (non-hydrogen) atoms. The van der Waals surface area contributed by atoms with E-state index in [1.807, 2.05) is 25.8 Å². The number of carbonyl (C=O) groups is 1. The summed E-state index contributed by atoms with van der Waals surface area (Å²) < 4.78 is 0. The second-order valence-electron chi connectivity index (χ2n) is 3.76. The third-order valence-corrected chi connectivity index (χ3v) is 3.49. The Labute approximate surface area is 89.8 Å². The molecule has 0 radical (unpaired) electrons. The molecule has 0 aliphatic heterocycles. The third kappa shape index (κ3) is 4.65. The summed E-state index contributed by atoms with van der Waals surface area (Å²) in [6.45, 7) is 7.09. The Hall–Kier alpha value is -0.0500. The summed E-state index contributed by atoms with van der Waals surface area (Å²) in [6, 6.07) is 0. The van der Waals surface area contributed by atoms with Crippen LogP contribution in [0.3, 0.4) is 0 Å². The number of halogens is 1. The van der Waals surface area contributed by atoms with Gasteiger partial charge in [0.25, 0.3) is 0 Å². The van der Waals surface area contributed by atoms with Gasteiger partial charge in [-0.05, 0) is 12.3 Å². The number of unbranched alkanes of at least 4 members (excludes halogenated alkanes) is 1. The first-order valence-corrected chi connectivity index (χ1v) is 5.81. The molecule has 0 saturated carbocycles. The first kappa shape index (κ1) is 12.9. The highest BCUT2D eigenvalue weighted by Gasteiger charge is 2.21. The van der Waals surface area contributed by atoms with Crippen molar-refractivity contribution in [3.05, 3.63) is 0 Å². The summed E-state index contributed by atoms with van der Waals surface area (Å²) in [5, 5.41) is 0. The third-order valence-electron chi connectivity index (χ3n) is 2.04. The normalized spacial score (nSPS) is 13.1. The van der Waals surface area contributed by atoms with E-state index in [4.69, 9.17) is 0 Å². The van der Waals surface area contributed by atoms with Crippen molar-refractivity contribution in [1.29, 1.82) is 0 Å². The lowest BCUT2D eigenvalue weighted by Crippen LogP contribution is -2.36. The first-order chi connectivity index (χ1) is 6.00. The number of amides is 1. The number of rotatable bonds is 5. The van der Waals surface area contributed by atoms with Crippen LogP contribution in [0.1, 0.15) is 33.6 Å². The topological polar surface area (TPSA) is 20.3 Å². The van der Waals surface area contributed by atoms with Crippen LogP contribution in [0.2, 0.25) is 0 Å². The molecule has 1 amide bonds. The van der Waals surface area contributed by atoms with Crippen LogP contribution in [0.4, 0.5) is 0 Å². The van der Waals surface area contributed by atoms with Crippen LogP contribution < -0.4 is 0 Å². The fourth-order valence-electron chi connectivity index (χ4n) is 1.00. The molecule has 0 aromatic rings. The Balaban J connectivity index is 3.94. The maximum atomic E-state index is 11.7. The minimum Gasteiger partial charge on any atom is -0.345 e. The van der Waals surface area contributed by atoms with Crippen molar-refractivity contribution in [3.8, 4) is 0 Å². The van der Waals surface area contributed by atoms with Gasteiger partial charge in [0.05, 0.1) is 4.83 Å². The van der Waals surface area contributed by atoms with E-state index >= 15 is 0 Å². The zero-order valence-corrected chi connectivity index (χ0v) is 10.6. The van der Waals surface area contributed by atoms with Crippen molar-refractivity contribution in [2.75, 3.05) is 13.6 Å². The monoisotopic (exact) mass is 249 g/mol. The maximum Gasteiger partial charge on any atom is 0.236 e. The molecule has 0 N–H and O–H groups in total. The maximum absolute atomic E-state index is 11.7.